The highest BCUT2D eigenvalue weighted by atomic mass is 16.6. The maximum Gasteiger partial charge on any atom is 0.325 e. The van der Waals surface area contributed by atoms with Crippen LogP contribution in [0.2, 0.25) is 0 Å². The first-order valence-corrected chi connectivity index (χ1v) is 5.78. The monoisotopic (exact) mass is 314 g/mol. The summed E-state index contributed by atoms with van der Waals surface area (Å²) in [6.45, 7) is 1.03. The summed E-state index contributed by atoms with van der Waals surface area (Å²) < 4.78 is 4.58. The average Bonchev–Trinajstić information content (AvgIpc) is 2.44. The van der Waals surface area contributed by atoms with Crippen LogP contribution in [0, 0.1) is 30.3 Å². The Kier molecular flexibility index (Phi) is 5.26. The molecular formula is C10H10N4O8. The van der Waals surface area contributed by atoms with Gasteiger partial charge in [0.1, 0.15) is 6.54 Å². The third-order valence-electron chi connectivity index (χ3n) is 2.40. The minimum Gasteiger partial charge on any atom is -0.465 e. The summed E-state index contributed by atoms with van der Waals surface area (Å²) in [6.07, 6.45) is 0. The number of carbonyl (C=O) groups excluding carboxylic acids is 1. The molecule has 0 aliphatic carbocycles. The van der Waals surface area contributed by atoms with Gasteiger partial charge in [0.25, 0.3) is 5.69 Å². The quantitative estimate of drug-likeness (QED) is 0.444. The maximum absolute atomic E-state index is 11.2. The number of rotatable bonds is 7. The molecule has 0 spiro atoms. The highest BCUT2D eigenvalue weighted by Gasteiger charge is 2.30. The molecule has 118 valence electrons. The van der Waals surface area contributed by atoms with Crippen molar-refractivity contribution in [2.75, 3.05) is 18.5 Å². The fraction of sp³-hybridized carbons (Fsp3) is 0.300. The van der Waals surface area contributed by atoms with Gasteiger partial charge in [0, 0.05) is 0 Å². The van der Waals surface area contributed by atoms with Crippen LogP contribution in [-0.2, 0) is 9.53 Å². The topological polar surface area (TPSA) is 168 Å². The van der Waals surface area contributed by atoms with Crippen LogP contribution in [0.25, 0.3) is 0 Å². The third-order valence-corrected chi connectivity index (χ3v) is 2.40. The van der Waals surface area contributed by atoms with Gasteiger partial charge in [0.2, 0.25) is 0 Å². The number of nitro benzene ring substituents is 3. The number of nitro groups is 3. The number of nitrogens with one attached hydrogen (secondary N) is 1. The van der Waals surface area contributed by atoms with Gasteiger partial charge in [0.15, 0.2) is 5.69 Å². The number of hydrogen-bond donors (Lipinski definition) is 1. The molecule has 0 fully saturated rings. The Morgan fingerprint density at radius 1 is 1.09 bits per heavy atom. The van der Waals surface area contributed by atoms with Crippen LogP contribution in [0.5, 0.6) is 0 Å². The molecular weight excluding hydrogens is 304 g/mol. The molecule has 0 aliphatic rings. The first kappa shape index (κ1) is 16.7. The van der Waals surface area contributed by atoms with Gasteiger partial charge >= 0.3 is 17.3 Å². The summed E-state index contributed by atoms with van der Waals surface area (Å²) in [5.74, 6) is -0.788. The highest BCUT2D eigenvalue weighted by molar-refractivity contribution is 5.82. The van der Waals surface area contributed by atoms with Gasteiger partial charge < -0.3 is 10.1 Å². The van der Waals surface area contributed by atoms with Crippen LogP contribution < -0.4 is 5.32 Å². The lowest BCUT2D eigenvalue weighted by Gasteiger charge is -2.07. The van der Waals surface area contributed by atoms with Gasteiger partial charge in [-0.05, 0) is 6.92 Å². The van der Waals surface area contributed by atoms with Gasteiger partial charge in [-0.1, -0.05) is 0 Å². The van der Waals surface area contributed by atoms with Gasteiger partial charge in [0.05, 0.1) is 33.5 Å². The molecule has 0 atom stereocenters. The van der Waals surface area contributed by atoms with Crippen molar-refractivity contribution in [3.8, 4) is 0 Å². The van der Waals surface area contributed by atoms with E-state index < -0.39 is 50.0 Å². The van der Waals surface area contributed by atoms with E-state index in [1.165, 1.54) is 6.92 Å². The zero-order valence-corrected chi connectivity index (χ0v) is 11.2. The molecule has 0 heterocycles. The number of ether oxygens (including phenoxy) is 1. The van der Waals surface area contributed by atoms with Crippen LogP contribution in [0.3, 0.4) is 0 Å². The Morgan fingerprint density at radius 2 is 1.59 bits per heavy atom. The first-order valence-electron chi connectivity index (χ1n) is 5.78. The third kappa shape index (κ3) is 3.84. The Morgan fingerprint density at radius 3 is 1.95 bits per heavy atom. The normalized spacial score (nSPS) is 9.86. The van der Waals surface area contributed by atoms with Crippen molar-refractivity contribution in [2.24, 2.45) is 0 Å². The van der Waals surface area contributed by atoms with E-state index in [4.69, 9.17) is 0 Å². The van der Waals surface area contributed by atoms with Crippen molar-refractivity contribution in [2.45, 2.75) is 6.92 Å². The summed E-state index contributed by atoms with van der Waals surface area (Å²) in [5.41, 5.74) is -3.18. The molecule has 1 aromatic rings. The molecule has 22 heavy (non-hydrogen) atoms. The molecule has 1 rings (SSSR count). The second kappa shape index (κ2) is 6.92. The Bertz CT molecular complexity index is 609. The second-order valence-electron chi connectivity index (χ2n) is 3.79. The fourth-order valence-electron chi connectivity index (χ4n) is 1.54. The van der Waals surface area contributed by atoms with E-state index in [1.807, 2.05) is 0 Å². The van der Waals surface area contributed by atoms with Crippen molar-refractivity contribution in [1.82, 2.24) is 0 Å². The number of benzene rings is 1. The molecule has 0 radical (unpaired) electrons. The molecule has 0 saturated carbocycles. The SMILES string of the molecule is CCOC(=O)CNc1c([N+](=O)[O-])cc([N+](=O)[O-])cc1[N+](=O)[O-]. The molecule has 0 saturated heterocycles. The average molecular weight is 314 g/mol. The van der Waals surface area contributed by atoms with E-state index >= 15 is 0 Å². The molecule has 12 nitrogen and oxygen atoms in total. The number of esters is 1. The zero-order chi connectivity index (χ0) is 16.9. The molecule has 12 heteroatoms. The van der Waals surface area contributed by atoms with Crippen molar-refractivity contribution in [3.05, 3.63) is 42.5 Å². The Balaban J connectivity index is 3.32. The number of nitrogens with zero attached hydrogens (tertiary/aromatic N) is 3. The molecule has 0 amide bonds. The van der Waals surface area contributed by atoms with E-state index in [0.29, 0.717) is 12.1 Å². The maximum atomic E-state index is 11.2. The molecule has 0 unspecified atom stereocenters. The van der Waals surface area contributed by atoms with Crippen LogP contribution >= 0.6 is 0 Å². The van der Waals surface area contributed by atoms with E-state index in [1.54, 1.807) is 0 Å². The van der Waals surface area contributed by atoms with Gasteiger partial charge in [-0.25, -0.2) is 0 Å². The fourth-order valence-corrected chi connectivity index (χ4v) is 1.54. The van der Waals surface area contributed by atoms with Gasteiger partial charge in [-0.2, -0.15) is 0 Å². The number of non-ortho nitro benzene ring substituents is 1. The van der Waals surface area contributed by atoms with Crippen LogP contribution in [0.1, 0.15) is 6.92 Å². The second-order valence-corrected chi connectivity index (χ2v) is 3.79. The highest BCUT2D eigenvalue weighted by Crippen LogP contribution is 2.38. The summed E-state index contributed by atoms with van der Waals surface area (Å²) in [5, 5.41) is 34.8. The standard InChI is InChI=1S/C10H10N4O8/c1-2-22-9(15)5-11-10-7(13(18)19)3-6(12(16)17)4-8(10)14(20)21/h3-4,11H,2,5H2,1H3. The van der Waals surface area contributed by atoms with Gasteiger partial charge in [-0.15, -0.1) is 0 Å². The van der Waals surface area contributed by atoms with E-state index in [-0.39, 0.29) is 6.61 Å². The summed E-state index contributed by atoms with van der Waals surface area (Å²) in [6, 6.07) is 1.14. The lowest BCUT2D eigenvalue weighted by molar-refractivity contribution is -0.401. The van der Waals surface area contributed by atoms with Crippen molar-refractivity contribution in [1.29, 1.82) is 0 Å². The van der Waals surface area contributed by atoms with E-state index in [0.717, 1.165) is 0 Å². The molecule has 0 bridgehead atoms. The predicted octanol–water partition coefficient (Wildman–Crippen LogP) is 1.39. The largest absolute Gasteiger partial charge is 0.465 e. The van der Waals surface area contributed by atoms with Crippen LogP contribution in [-0.4, -0.2) is 33.9 Å². The summed E-state index contributed by atoms with van der Waals surface area (Å²) in [7, 11) is 0. The Hall–Kier alpha value is -3.31. The zero-order valence-electron chi connectivity index (χ0n) is 11.2. The minimum atomic E-state index is -1.02. The Labute approximate surface area is 122 Å². The van der Waals surface area contributed by atoms with Gasteiger partial charge in [-0.3, -0.25) is 35.1 Å². The number of carbonyl (C=O) groups is 1. The smallest absolute Gasteiger partial charge is 0.325 e. The van der Waals surface area contributed by atoms with Crippen LogP contribution in [0.15, 0.2) is 12.1 Å². The lowest BCUT2D eigenvalue weighted by atomic mass is 10.2. The number of anilines is 1. The minimum absolute atomic E-state index is 0.0605. The number of hydrogen-bond acceptors (Lipinski definition) is 9. The van der Waals surface area contributed by atoms with E-state index in [2.05, 4.69) is 10.1 Å². The predicted molar refractivity (Wildman–Crippen MR) is 71.5 cm³/mol. The molecule has 1 aromatic carbocycles. The van der Waals surface area contributed by atoms with E-state index in [9.17, 15) is 35.1 Å². The molecule has 0 aromatic heterocycles. The first-order chi connectivity index (χ1) is 10.3. The molecule has 0 aliphatic heterocycles. The van der Waals surface area contributed by atoms with Crippen molar-refractivity contribution < 1.29 is 24.3 Å². The summed E-state index contributed by atoms with van der Waals surface area (Å²) >= 11 is 0. The van der Waals surface area contributed by atoms with Crippen LogP contribution in [0.4, 0.5) is 22.7 Å². The summed E-state index contributed by atoms with van der Waals surface area (Å²) in [4.78, 5) is 40.8. The van der Waals surface area contributed by atoms with Crippen molar-refractivity contribution in [3.63, 3.8) is 0 Å². The molecule has 1 N–H and O–H groups in total. The van der Waals surface area contributed by atoms with Crippen molar-refractivity contribution >= 4 is 28.7 Å². The lowest BCUT2D eigenvalue weighted by Crippen LogP contribution is -2.18.